The van der Waals surface area contributed by atoms with Gasteiger partial charge in [-0.25, -0.2) is 4.79 Å². The lowest BCUT2D eigenvalue weighted by atomic mass is 10.2. The van der Waals surface area contributed by atoms with Crippen molar-refractivity contribution in [2.75, 3.05) is 20.8 Å². The van der Waals surface area contributed by atoms with Gasteiger partial charge in [-0.15, -0.1) is 11.3 Å². The van der Waals surface area contributed by atoms with Crippen LogP contribution in [0, 0.1) is 0 Å². The second-order valence-electron chi connectivity index (χ2n) is 4.58. The second kappa shape index (κ2) is 8.52. The maximum absolute atomic E-state index is 11.7. The Hall–Kier alpha value is -2.31. The summed E-state index contributed by atoms with van der Waals surface area (Å²) in [4.78, 5) is 24.0. The van der Waals surface area contributed by atoms with Crippen LogP contribution in [0.5, 0.6) is 11.5 Å². The molecular weight excluding hydrogens is 352 g/mol. The number of benzene rings is 1. The van der Waals surface area contributed by atoms with E-state index in [1.807, 2.05) is 0 Å². The minimum Gasteiger partial charge on any atom is -0.493 e. The zero-order valence-corrected chi connectivity index (χ0v) is 14.6. The fraction of sp³-hybridized carbons (Fsp3) is 0.176. The highest BCUT2D eigenvalue weighted by Gasteiger charge is 2.11. The molecule has 1 heterocycles. The highest BCUT2D eigenvalue weighted by Crippen LogP contribution is 2.36. The second-order valence-corrected chi connectivity index (χ2v) is 5.93. The van der Waals surface area contributed by atoms with Gasteiger partial charge in [0.1, 0.15) is 0 Å². The highest BCUT2D eigenvalue weighted by atomic mass is 35.5. The Balaban J connectivity index is 1.98. The van der Waals surface area contributed by atoms with Gasteiger partial charge in [0.15, 0.2) is 18.1 Å². The van der Waals surface area contributed by atoms with E-state index in [1.165, 1.54) is 37.7 Å². The predicted octanol–water partition coefficient (Wildman–Crippen LogP) is 3.86. The molecule has 0 aliphatic heterocycles. The molecule has 2 rings (SSSR count). The van der Waals surface area contributed by atoms with Crippen molar-refractivity contribution in [3.63, 3.8) is 0 Å². The Labute approximate surface area is 148 Å². The number of thiophene rings is 1. The van der Waals surface area contributed by atoms with E-state index in [-0.39, 0.29) is 12.4 Å². The van der Waals surface area contributed by atoms with Crippen molar-refractivity contribution in [3.05, 3.63) is 51.2 Å². The largest absolute Gasteiger partial charge is 0.493 e. The molecule has 0 fully saturated rings. The third kappa shape index (κ3) is 4.59. The topological polar surface area (TPSA) is 61.8 Å². The molecule has 0 unspecified atom stereocenters. The summed E-state index contributed by atoms with van der Waals surface area (Å²) < 4.78 is 15.2. The van der Waals surface area contributed by atoms with Crippen LogP contribution in [0.25, 0.3) is 6.08 Å². The molecule has 24 heavy (non-hydrogen) atoms. The summed E-state index contributed by atoms with van der Waals surface area (Å²) in [6, 6.07) is 6.75. The third-order valence-corrected chi connectivity index (χ3v) is 4.20. The first-order chi connectivity index (χ1) is 11.5. The van der Waals surface area contributed by atoms with Crippen LogP contribution >= 0.6 is 22.9 Å². The number of methoxy groups -OCH3 is 2. The molecule has 0 aliphatic rings. The van der Waals surface area contributed by atoms with Crippen molar-refractivity contribution in [2.24, 2.45) is 0 Å². The lowest BCUT2D eigenvalue weighted by Crippen LogP contribution is -2.11. The SMILES string of the molecule is COc1cc(/C=C/C(=O)OCC(=O)c2cccs2)cc(Cl)c1OC. The van der Waals surface area contributed by atoms with Crippen molar-refractivity contribution >= 4 is 40.8 Å². The smallest absolute Gasteiger partial charge is 0.331 e. The first-order valence-electron chi connectivity index (χ1n) is 6.88. The molecule has 0 N–H and O–H groups in total. The van der Waals surface area contributed by atoms with Crippen LogP contribution < -0.4 is 9.47 Å². The number of hydrogen-bond acceptors (Lipinski definition) is 6. The van der Waals surface area contributed by atoms with Crippen LogP contribution in [0.15, 0.2) is 35.7 Å². The van der Waals surface area contributed by atoms with Crippen molar-refractivity contribution < 1.29 is 23.8 Å². The number of ketones is 1. The summed E-state index contributed by atoms with van der Waals surface area (Å²) in [6.07, 6.45) is 2.74. The molecule has 0 amide bonds. The van der Waals surface area contributed by atoms with Crippen molar-refractivity contribution in [2.45, 2.75) is 0 Å². The van der Waals surface area contributed by atoms with Crippen molar-refractivity contribution in [1.29, 1.82) is 0 Å². The third-order valence-electron chi connectivity index (χ3n) is 3.01. The van der Waals surface area contributed by atoms with Crippen LogP contribution in [0.2, 0.25) is 5.02 Å². The molecule has 126 valence electrons. The van der Waals surface area contributed by atoms with E-state index in [0.717, 1.165) is 0 Å². The average Bonchev–Trinajstić information content (AvgIpc) is 3.11. The monoisotopic (exact) mass is 366 g/mol. The first kappa shape index (κ1) is 18.0. The maximum atomic E-state index is 11.7. The lowest BCUT2D eigenvalue weighted by molar-refractivity contribution is -0.136. The molecule has 0 aliphatic carbocycles. The van der Waals surface area contributed by atoms with E-state index in [9.17, 15) is 9.59 Å². The minimum atomic E-state index is -0.620. The van der Waals surface area contributed by atoms with Crippen molar-refractivity contribution in [3.8, 4) is 11.5 Å². The van der Waals surface area contributed by atoms with E-state index >= 15 is 0 Å². The summed E-state index contributed by atoms with van der Waals surface area (Å²) in [6.45, 7) is -0.295. The molecule has 0 saturated carbocycles. The van der Waals surface area contributed by atoms with Gasteiger partial charge < -0.3 is 14.2 Å². The quantitative estimate of drug-likeness (QED) is 0.423. The van der Waals surface area contributed by atoms with Gasteiger partial charge in [-0.3, -0.25) is 4.79 Å². The van der Waals surface area contributed by atoms with E-state index < -0.39 is 5.97 Å². The van der Waals surface area contributed by atoms with E-state index in [0.29, 0.717) is 27.0 Å². The minimum absolute atomic E-state index is 0.235. The molecule has 1 aromatic carbocycles. The number of ether oxygens (including phenoxy) is 3. The zero-order chi connectivity index (χ0) is 17.5. The molecule has 0 spiro atoms. The zero-order valence-electron chi connectivity index (χ0n) is 13.1. The van der Waals surface area contributed by atoms with E-state index in [2.05, 4.69) is 0 Å². The van der Waals surface area contributed by atoms with Crippen LogP contribution in [-0.4, -0.2) is 32.6 Å². The van der Waals surface area contributed by atoms with Gasteiger partial charge >= 0.3 is 5.97 Å². The summed E-state index contributed by atoms with van der Waals surface area (Å²) >= 11 is 7.39. The first-order valence-corrected chi connectivity index (χ1v) is 8.14. The molecule has 0 bridgehead atoms. The number of halogens is 1. The van der Waals surface area contributed by atoms with Crippen LogP contribution in [0.4, 0.5) is 0 Å². The van der Waals surface area contributed by atoms with Gasteiger partial charge in [0.2, 0.25) is 5.78 Å². The molecule has 0 radical (unpaired) electrons. The number of carbonyl (C=O) groups excluding carboxylic acids is 2. The fourth-order valence-electron chi connectivity index (χ4n) is 1.89. The van der Waals surface area contributed by atoms with Gasteiger partial charge in [0, 0.05) is 6.08 Å². The standard InChI is InChI=1S/C17H15ClO5S/c1-21-14-9-11(8-12(18)17(14)22-2)5-6-16(20)23-10-13(19)15-4-3-7-24-15/h3-9H,10H2,1-2H3/b6-5+. The average molecular weight is 367 g/mol. The van der Waals surface area contributed by atoms with Gasteiger partial charge in [-0.05, 0) is 35.2 Å². The number of carbonyl (C=O) groups is 2. The van der Waals surface area contributed by atoms with Crippen molar-refractivity contribution in [1.82, 2.24) is 0 Å². The Kier molecular flexibility index (Phi) is 6.40. The van der Waals surface area contributed by atoms with E-state index in [4.69, 9.17) is 25.8 Å². The summed E-state index contributed by atoms with van der Waals surface area (Å²) in [5.41, 5.74) is 0.638. The van der Waals surface area contributed by atoms with Gasteiger partial charge in [-0.1, -0.05) is 17.7 Å². The van der Waals surface area contributed by atoms with Crippen LogP contribution in [-0.2, 0) is 9.53 Å². The van der Waals surface area contributed by atoms with Crippen LogP contribution in [0.3, 0.4) is 0 Å². The van der Waals surface area contributed by atoms with Gasteiger partial charge in [0.25, 0.3) is 0 Å². The Morgan fingerprint density at radius 2 is 2.04 bits per heavy atom. The molecule has 7 heteroatoms. The Bertz CT molecular complexity index is 753. The molecule has 0 atom stereocenters. The number of hydrogen-bond donors (Lipinski definition) is 0. The molecular formula is C17H15ClO5S. The molecule has 2 aromatic rings. The summed E-state index contributed by atoms with van der Waals surface area (Å²) in [7, 11) is 2.98. The number of Topliss-reactive ketones (excluding diaryl/α,β-unsaturated/α-hetero) is 1. The van der Waals surface area contributed by atoms with E-state index in [1.54, 1.807) is 29.6 Å². The van der Waals surface area contributed by atoms with Gasteiger partial charge in [0.05, 0.1) is 24.1 Å². The lowest BCUT2D eigenvalue weighted by Gasteiger charge is -2.10. The Morgan fingerprint density at radius 1 is 1.25 bits per heavy atom. The number of rotatable bonds is 7. The molecule has 5 nitrogen and oxygen atoms in total. The normalized spacial score (nSPS) is 10.6. The van der Waals surface area contributed by atoms with Crippen LogP contribution in [0.1, 0.15) is 15.2 Å². The predicted molar refractivity (Wildman–Crippen MR) is 93.2 cm³/mol. The summed E-state index contributed by atoms with van der Waals surface area (Å²) in [5, 5.41) is 2.15. The maximum Gasteiger partial charge on any atom is 0.331 e. The highest BCUT2D eigenvalue weighted by molar-refractivity contribution is 7.12. The molecule has 1 aromatic heterocycles. The molecule has 0 saturated heterocycles. The Morgan fingerprint density at radius 3 is 2.67 bits per heavy atom. The summed E-state index contributed by atoms with van der Waals surface area (Å²) in [5.74, 6) is 0.0121. The van der Waals surface area contributed by atoms with Gasteiger partial charge in [-0.2, -0.15) is 0 Å². The number of esters is 1. The fourth-order valence-corrected chi connectivity index (χ4v) is 2.84.